The van der Waals surface area contributed by atoms with Gasteiger partial charge in [0.1, 0.15) is 11.6 Å². The lowest BCUT2D eigenvalue weighted by atomic mass is 10.1. The zero-order chi connectivity index (χ0) is 12.3. The van der Waals surface area contributed by atoms with Gasteiger partial charge in [0.25, 0.3) is 0 Å². The third-order valence-corrected chi connectivity index (χ3v) is 2.53. The summed E-state index contributed by atoms with van der Waals surface area (Å²) in [7, 11) is 1.67. The van der Waals surface area contributed by atoms with Crippen molar-refractivity contribution in [2.45, 2.75) is 6.92 Å². The molecule has 1 N–H and O–H groups in total. The molecule has 0 amide bonds. The minimum absolute atomic E-state index is 0.726. The van der Waals surface area contributed by atoms with Gasteiger partial charge < -0.3 is 10.1 Å². The Morgan fingerprint density at radius 1 is 1.41 bits per heavy atom. The maximum atomic E-state index is 5.23. The zero-order valence-corrected chi connectivity index (χ0v) is 10.2. The van der Waals surface area contributed by atoms with Crippen molar-refractivity contribution in [3.8, 4) is 5.75 Å². The van der Waals surface area contributed by atoms with Crippen LogP contribution < -0.4 is 10.1 Å². The molecule has 0 fully saturated rings. The van der Waals surface area contributed by atoms with Gasteiger partial charge in [-0.05, 0) is 30.5 Å². The number of benzene rings is 1. The first-order valence-corrected chi connectivity index (χ1v) is 5.51. The zero-order valence-electron chi connectivity index (χ0n) is 10.2. The van der Waals surface area contributed by atoms with E-state index in [0.29, 0.717) is 0 Å². The standard InChI is InChI=1S/C14H16N2O/c1-10(2)9-16-14-13-8-12(17-3)5-4-11(13)6-7-15-14/h4-8H,1,9H2,2-3H3,(H,15,16). The lowest BCUT2D eigenvalue weighted by Gasteiger charge is -2.09. The summed E-state index contributed by atoms with van der Waals surface area (Å²) in [5.41, 5.74) is 1.08. The van der Waals surface area contributed by atoms with E-state index in [9.17, 15) is 0 Å². The summed E-state index contributed by atoms with van der Waals surface area (Å²) in [5, 5.41) is 5.48. The third kappa shape index (κ3) is 2.56. The van der Waals surface area contributed by atoms with Crippen LogP contribution in [-0.4, -0.2) is 18.6 Å². The second kappa shape index (κ2) is 4.87. The second-order valence-corrected chi connectivity index (χ2v) is 4.06. The Kier molecular flexibility index (Phi) is 3.28. The van der Waals surface area contributed by atoms with E-state index < -0.39 is 0 Å². The van der Waals surface area contributed by atoms with Crippen molar-refractivity contribution in [2.75, 3.05) is 19.0 Å². The highest BCUT2D eigenvalue weighted by Gasteiger charge is 2.03. The minimum atomic E-state index is 0.726. The van der Waals surface area contributed by atoms with Crippen molar-refractivity contribution in [1.82, 2.24) is 4.98 Å². The van der Waals surface area contributed by atoms with Gasteiger partial charge in [0, 0.05) is 18.1 Å². The van der Waals surface area contributed by atoms with Crippen molar-refractivity contribution in [2.24, 2.45) is 0 Å². The number of rotatable bonds is 4. The minimum Gasteiger partial charge on any atom is -0.497 e. The number of pyridine rings is 1. The van der Waals surface area contributed by atoms with Crippen molar-refractivity contribution in [3.05, 3.63) is 42.6 Å². The van der Waals surface area contributed by atoms with E-state index in [1.165, 1.54) is 0 Å². The van der Waals surface area contributed by atoms with Crippen LogP contribution in [0.4, 0.5) is 5.82 Å². The molecular weight excluding hydrogens is 212 g/mol. The number of nitrogens with one attached hydrogen (secondary N) is 1. The molecule has 0 unspecified atom stereocenters. The molecule has 3 heteroatoms. The number of nitrogens with zero attached hydrogens (tertiary/aromatic N) is 1. The summed E-state index contributed by atoms with van der Waals surface area (Å²) in [4.78, 5) is 4.35. The summed E-state index contributed by atoms with van der Waals surface area (Å²) in [6, 6.07) is 7.95. The smallest absolute Gasteiger partial charge is 0.134 e. The maximum absolute atomic E-state index is 5.23. The van der Waals surface area contributed by atoms with Crippen LogP contribution in [-0.2, 0) is 0 Å². The van der Waals surface area contributed by atoms with Gasteiger partial charge in [-0.2, -0.15) is 0 Å². The van der Waals surface area contributed by atoms with Gasteiger partial charge in [0.05, 0.1) is 7.11 Å². The fourth-order valence-electron chi connectivity index (χ4n) is 1.65. The first kappa shape index (κ1) is 11.5. The Hall–Kier alpha value is -2.03. The molecule has 0 aliphatic heterocycles. The predicted molar refractivity (Wildman–Crippen MR) is 71.6 cm³/mol. The Labute approximate surface area is 101 Å². The first-order chi connectivity index (χ1) is 8.20. The summed E-state index contributed by atoms with van der Waals surface area (Å²) >= 11 is 0. The third-order valence-electron chi connectivity index (χ3n) is 2.53. The Bertz CT molecular complexity index is 549. The quantitative estimate of drug-likeness (QED) is 0.816. The first-order valence-electron chi connectivity index (χ1n) is 5.51. The molecule has 0 saturated heterocycles. The van der Waals surface area contributed by atoms with Crippen LogP contribution in [0.3, 0.4) is 0 Å². The summed E-state index contributed by atoms with van der Waals surface area (Å²) in [6.45, 7) is 6.58. The van der Waals surface area contributed by atoms with Crippen LogP contribution in [0.25, 0.3) is 10.8 Å². The number of hydrogen-bond donors (Lipinski definition) is 1. The Morgan fingerprint density at radius 3 is 2.94 bits per heavy atom. The molecule has 0 radical (unpaired) electrons. The highest BCUT2D eigenvalue weighted by atomic mass is 16.5. The van der Waals surface area contributed by atoms with E-state index in [0.717, 1.165) is 34.5 Å². The molecule has 0 aliphatic rings. The number of anilines is 1. The van der Waals surface area contributed by atoms with Gasteiger partial charge in [-0.15, -0.1) is 0 Å². The number of fused-ring (bicyclic) bond motifs is 1. The van der Waals surface area contributed by atoms with Crippen LogP contribution in [0.15, 0.2) is 42.6 Å². The molecule has 3 nitrogen and oxygen atoms in total. The molecule has 0 saturated carbocycles. The summed E-state index contributed by atoms with van der Waals surface area (Å²) in [6.07, 6.45) is 1.80. The van der Waals surface area contributed by atoms with E-state index >= 15 is 0 Å². The Balaban J connectivity index is 2.43. The fraction of sp³-hybridized carbons (Fsp3) is 0.214. The fourth-order valence-corrected chi connectivity index (χ4v) is 1.65. The molecular formula is C14H16N2O. The van der Waals surface area contributed by atoms with E-state index in [4.69, 9.17) is 4.74 Å². The molecule has 17 heavy (non-hydrogen) atoms. The predicted octanol–water partition coefficient (Wildman–Crippen LogP) is 3.23. The molecule has 0 bridgehead atoms. The molecule has 1 aromatic carbocycles. The second-order valence-electron chi connectivity index (χ2n) is 4.06. The molecule has 2 aromatic rings. The molecule has 0 spiro atoms. The molecule has 1 aromatic heterocycles. The average molecular weight is 228 g/mol. The van der Waals surface area contributed by atoms with Gasteiger partial charge in [0.2, 0.25) is 0 Å². The number of hydrogen-bond acceptors (Lipinski definition) is 3. The van der Waals surface area contributed by atoms with E-state index in [1.54, 1.807) is 13.3 Å². The molecule has 88 valence electrons. The number of aromatic nitrogens is 1. The van der Waals surface area contributed by atoms with Crippen LogP contribution >= 0.6 is 0 Å². The summed E-state index contributed by atoms with van der Waals surface area (Å²) in [5.74, 6) is 1.70. The monoisotopic (exact) mass is 228 g/mol. The van der Waals surface area contributed by atoms with Gasteiger partial charge in [0.15, 0.2) is 0 Å². The number of ether oxygens (including phenoxy) is 1. The average Bonchev–Trinajstić information content (AvgIpc) is 2.35. The SMILES string of the molecule is C=C(C)CNc1nccc2ccc(OC)cc12. The largest absolute Gasteiger partial charge is 0.497 e. The molecule has 2 rings (SSSR count). The molecule has 0 atom stereocenters. The Morgan fingerprint density at radius 2 is 2.24 bits per heavy atom. The highest BCUT2D eigenvalue weighted by molar-refractivity contribution is 5.92. The van der Waals surface area contributed by atoms with Crippen molar-refractivity contribution < 1.29 is 4.74 Å². The van der Waals surface area contributed by atoms with Gasteiger partial charge in [-0.3, -0.25) is 0 Å². The van der Waals surface area contributed by atoms with E-state index in [1.807, 2.05) is 31.2 Å². The van der Waals surface area contributed by atoms with Crippen molar-refractivity contribution in [3.63, 3.8) is 0 Å². The lowest BCUT2D eigenvalue weighted by Crippen LogP contribution is -2.04. The van der Waals surface area contributed by atoms with Crippen LogP contribution in [0.2, 0.25) is 0 Å². The van der Waals surface area contributed by atoms with Crippen LogP contribution in [0.1, 0.15) is 6.92 Å². The lowest BCUT2D eigenvalue weighted by molar-refractivity contribution is 0.415. The van der Waals surface area contributed by atoms with Gasteiger partial charge in [-0.1, -0.05) is 18.2 Å². The molecule has 0 aliphatic carbocycles. The topological polar surface area (TPSA) is 34.2 Å². The number of methoxy groups -OCH3 is 1. The van der Waals surface area contributed by atoms with Crippen molar-refractivity contribution >= 4 is 16.6 Å². The van der Waals surface area contributed by atoms with Crippen LogP contribution in [0.5, 0.6) is 5.75 Å². The molecule has 1 heterocycles. The van der Waals surface area contributed by atoms with E-state index in [-0.39, 0.29) is 0 Å². The van der Waals surface area contributed by atoms with Gasteiger partial charge >= 0.3 is 0 Å². The van der Waals surface area contributed by atoms with Crippen molar-refractivity contribution in [1.29, 1.82) is 0 Å². The highest BCUT2D eigenvalue weighted by Crippen LogP contribution is 2.25. The van der Waals surface area contributed by atoms with E-state index in [2.05, 4.69) is 16.9 Å². The van der Waals surface area contributed by atoms with Crippen LogP contribution in [0, 0.1) is 0 Å². The maximum Gasteiger partial charge on any atom is 0.134 e. The normalized spacial score (nSPS) is 10.2. The van der Waals surface area contributed by atoms with Gasteiger partial charge in [-0.25, -0.2) is 4.98 Å². The summed E-state index contributed by atoms with van der Waals surface area (Å²) < 4.78 is 5.23.